The monoisotopic (exact) mass is 298 g/mol. The summed E-state index contributed by atoms with van der Waals surface area (Å²) < 4.78 is 5.05. The highest BCUT2D eigenvalue weighted by Crippen LogP contribution is 2.34. The lowest BCUT2D eigenvalue weighted by Crippen LogP contribution is -2.02. The van der Waals surface area contributed by atoms with Gasteiger partial charge in [0, 0.05) is 11.8 Å². The summed E-state index contributed by atoms with van der Waals surface area (Å²) in [6.45, 7) is 0.495. The summed E-state index contributed by atoms with van der Waals surface area (Å²) in [6, 6.07) is 8.71. The van der Waals surface area contributed by atoms with E-state index < -0.39 is 0 Å². The number of nitrogens with one attached hydrogen (secondary N) is 1. The third kappa shape index (κ3) is 3.43. The number of hydrogen-bond donors (Lipinski definition) is 2. The maximum absolute atomic E-state index is 9.46. The van der Waals surface area contributed by atoms with Crippen molar-refractivity contribution in [3.8, 4) is 11.6 Å². The number of nitrogens with zero attached hydrogens (tertiary/aromatic N) is 1. The molecule has 2 N–H and O–H groups in total. The average molecular weight is 299 g/mol. The van der Waals surface area contributed by atoms with Gasteiger partial charge in [0.15, 0.2) is 5.75 Å². The van der Waals surface area contributed by atoms with Crippen LogP contribution in [0.2, 0.25) is 10.0 Å². The van der Waals surface area contributed by atoms with Crippen molar-refractivity contribution in [3.05, 3.63) is 46.1 Å². The fraction of sp³-hybridized carbons (Fsp3) is 0.154. The second-order valence-electron chi connectivity index (χ2n) is 3.81. The van der Waals surface area contributed by atoms with E-state index in [4.69, 9.17) is 27.9 Å². The van der Waals surface area contributed by atoms with Gasteiger partial charge in [0.1, 0.15) is 0 Å². The van der Waals surface area contributed by atoms with Gasteiger partial charge in [-0.2, -0.15) is 0 Å². The largest absolute Gasteiger partial charge is 0.505 e. The SMILES string of the molecule is COc1cccc(CNc2cc(Cl)c(O)c(Cl)c2)n1. The molecule has 0 saturated heterocycles. The van der Waals surface area contributed by atoms with Gasteiger partial charge in [0.05, 0.1) is 29.4 Å². The lowest BCUT2D eigenvalue weighted by atomic mass is 10.3. The van der Waals surface area contributed by atoms with Crippen LogP contribution in [0, 0.1) is 0 Å². The molecular weight excluding hydrogens is 287 g/mol. The van der Waals surface area contributed by atoms with Crippen molar-refractivity contribution in [1.29, 1.82) is 0 Å². The van der Waals surface area contributed by atoms with Gasteiger partial charge < -0.3 is 15.2 Å². The molecule has 0 aliphatic heterocycles. The second-order valence-corrected chi connectivity index (χ2v) is 4.63. The van der Waals surface area contributed by atoms with Crippen molar-refractivity contribution >= 4 is 28.9 Å². The molecule has 0 unspecified atom stereocenters. The zero-order valence-corrected chi connectivity index (χ0v) is 11.7. The molecule has 2 aromatic rings. The van der Waals surface area contributed by atoms with Crippen LogP contribution in [-0.4, -0.2) is 17.2 Å². The number of phenolic OH excluding ortho intramolecular Hbond substituents is 1. The number of aromatic hydroxyl groups is 1. The molecule has 1 aromatic heterocycles. The van der Waals surface area contributed by atoms with Gasteiger partial charge in [-0.15, -0.1) is 0 Å². The molecule has 0 amide bonds. The Hall–Kier alpha value is -1.65. The van der Waals surface area contributed by atoms with Crippen LogP contribution in [0.5, 0.6) is 11.6 Å². The lowest BCUT2D eigenvalue weighted by Gasteiger charge is -2.09. The van der Waals surface area contributed by atoms with Gasteiger partial charge in [0.25, 0.3) is 0 Å². The zero-order chi connectivity index (χ0) is 13.8. The standard InChI is InChI=1S/C13H12Cl2N2O2/c1-19-12-4-2-3-8(17-12)7-16-9-5-10(14)13(18)11(15)6-9/h2-6,16,18H,7H2,1H3. The van der Waals surface area contributed by atoms with Gasteiger partial charge in [-0.1, -0.05) is 29.3 Å². The topological polar surface area (TPSA) is 54.4 Å². The molecule has 4 nitrogen and oxygen atoms in total. The number of benzene rings is 1. The highest BCUT2D eigenvalue weighted by atomic mass is 35.5. The number of halogens is 2. The Bertz CT molecular complexity index is 568. The molecule has 0 atom stereocenters. The Balaban J connectivity index is 2.10. The van der Waals surface area contributed by atoms with Crippen molar-refractivity contribution < 1.29 is 9.84 Å². The van der Waals surface area contributed by atoms with E-state index in [-0.39, 0.29) is 15.8 Å². The number of methoxy groups -OCH3 is 1. The molecule has 0 fully saturated rings. The maximum atomic E-state index is 9.46. The molecule has 19 heavy (non-hydrogen) atoms. The fourth-order valence-electron chi connectivity index (χ4n) is 1.53. The number of ether oxygens (including phenoxy) is 1. The van der Waals surface area contributed by atoms with E-state index in [1.165, 1.54) is 0 Å². The van der Waals surface area contributed by atoms with Gasteiger partial charge in [-0.25, -0.2) is 4.98 Å². The normalized spacial score (nSPS) is 10.3. The predicted octanol–water partition coefficient (Wildman–Crippen LogP) is 3.71. The molecule has 0 saturated carbocycles. The number of phenols is 1. The molecule has 0 radical (unpaired) electrons. The second kappa shape index (κ2) is 5.99. The summed E-state index contributed by atoms with van der Waals surface area (Å²) in [5.41, 5.74) is 1.53. The van der Waals surface area contributed by atoms with Crippen LogP contribution in [0.25, 0.3) is 0 Å². The van der Waals surface area contributed by atoms with E-state index in [2.05, 4.69) is 10.3 Å². The number of anilines is 1. The van der Waals surface area contributed by atoms with Crippen LogP contribution in [0.4, 0.5) is 5.69 Å². The minimum Gasteiger partial charge on any atom is -0.505 e. The first-order valence-electron chi connectivity index (χ1n) is 5.52. The predicted molar refractivity (Wildman–Crippen MR) is 76.2 cm³/mol. The molecule has 100 valence electrons. The highest BCUT2D eigenvalue weighted by Gasteiger charge is 2.06. The zero-order valence-electron chi connectivity index (χ0n) is 10.2. The molecule has 0 aliphatic rings. The summed E-state index contributed by atoms with van der Waals surface area (Å²) >= 11 is 11.7. The van der Waals surface area contributed by atoms with Gasteiger partial charge in [0.2, 0.25) is 5.88 Å². The van der Waals surface area contributed by atoms with Crippen molar-refractivity contribution in [2.75, 3.05) is 12.4 Å². The van der Waals surface area contributed by atoms with Crippen LogP contribution in [0.3, 0.4) is 0 Å². The molecule has 0 aliphatic carbocycles. The van der Waals surface area contributed by atoms with Crippen molar-refractivity contribution in [3.63, 3.8) is 0 Å². The Morgan fingerprint density at radius 1 is 1.26 bits per heavy atom. The van der Waals surface area contributed by atoms with E-state index >= 15 is 0 Å². The Morgan fingerprint density at radius 2 is 1.95 bits per heavy atom. The number of rotatable bonds is 4. The van der Waals surface area contributed by atoms with E-state index in [1.807, 2.05) is 12.1 Å². The van der Waals surface area contributed by atoms with Gasteiger partial charge >= 0.3 is 0 Å². The number of aromatic nitrogens is 1. The average Bonchev–Trinajstić information content (AvgIpc) is 2.42. The minimum absolute atomic E-state index is 0.117. The number of pyridine rings is 1. The van der Waals surface area contributed by atoms with Crippen LogP contribution >= 0.6 is 23.2 Å². The van der Waals surface area contributed by atoms with Crippen molar-refractivity contribution in [1.82, 2.24) is 4.98 Å². The van der Waals surface area contributed by atoms with Crippen LogP contribution < -0.4 is 10.1 Å². The minimum atomic E-state index is -0.117. The first-order chi connectivity index (χ1) is 9.10. The summed E-state index contributed by atoms with van der Waals surface area (Å²) in [5.74, 6) is 0.439. The molecule has 1 heterocycles. The Kier molecular flexibility index (Phi) is 4.35. The van der Waals surface area contributed by atoms with Crippen molar-refractivity contribution in [2.45, 2.75) is 6.54 Å². The molecule has 6 heteroatoms. The van der Waals surface area contributed by atoms with E-state index in [9.17, 15) is 5.11 Å². The summed E-state index contributed by atoms with van der Waals surface area (Å²) in [6.07, 6.45) is 0. The summed E-state index contributed by atoms with van der Waals surface area (Å²) in [5, 5.41) is 13.0. The molecule has 2 rings (SSSR count). The van der Waals surface area contributed by atoms with Gasteiger partial charge in [-0.05, 0) is 18.2 Å². The van der Waals surface area contributed by atoms with E-state index in [0.717, 1.165) is 5.69 Å². The van der Waals surface area contributed by atoms with Crippen molar-refractivity contribution in [2.24, 2.45) is 0 Å². The molecule has 0 spiro atoms. The quantitative estimate of drug-likeness (QED) is 0.845. The third-order valence-electron chi connectivity index (χ3n) is 2.48. The third-order valence-corrected chi connectivity index (χ3v) is 3.06. The highest BCUT2D eigenvalue weighted by molar-refractivity contribution is 6.37. The van der Waals surface area contributed by atoms with E-state index in [0.29, 0.717) is 18.1 Å². The Morgan fingerprint density at radius 3 is 2.58 bits per heavy atom. The van der Waals surface area contributed by atoms with Crippen LogP contribution in [0.1, 0.15) is 5.69 Å². The molecular formula is C13H12Cl2N2O2. The first-order valence-corrected chi connectivity index (χ1v) is 6.27. The molecule has 1 aromatic carbocycles. The fourth-order valence-corrected chi connectivity index (χ4v) is 2.02. The van der Waals surface area contributed by atoms with Gasteiger partial charge in [-0.3, -0.25) is 0 Å². The smallest absolute Gasteiger partial charge is 0.213 e. The van der Waals surface area contributed by atoms with Crippen LogP contribution in [0.15, 0.2) is 30.3 Å². The van der Waals surface area contributed by atoms with Crippen LogP contribution in [-0.2, 0) is 6.54 Å². The summed E-state index contributed by atoms with van der Waals surface area (Å²) in [4.78, 5) is 4.27. The van der Waals surface area contributed by atoms with E-state index in [1.54, 1.807) is 25.3 Å². The molecule has 0 bridgehead atoms. The maximum Gasteiger partial charge on any atom is 0.213 e. The first kappa shape index (κ1) is 13.8. The summed E-state index contributed by atoms with van der Waals surface area (Å²) in [7, 11) is 1.57. The lowest BCUT2D eigenvalue weighted by molar-refractivity contribution is 0.396. The number of hydrogen-bond acceptors (Lipinski definition) is 4. The Labute approximate surface area is 121 Å².